The van der Waals surface area contributed by atoms with Gasteiger partial charge in [0.2, 0.25) is 10.0 Å². The van der Waals surface area contributed by atoms with Crippen molar-refractivity contribution >= 4 is 27.7 Å². The van der Waals surface area contributed by atoms with Crippen molar-refractivity contribution in [1.82, 2.24) is 14.6 Å². The van der Waals surface area contributed by atoms with Crippen LogP contribution in [0.25, 0.3) is 0 Å². The summed E-state index contributed by atoms with van der Waals surface area (Å²) in [6.45, 7) is 3.04. The second-order valence-electron chi connectivity index (χ2n) is 5.82. The van der Waals surface area contributed by atoms with Crippen molar-refractivity contribution in [3.05, 3.63) is 23.9 Å². The largest absolute Gasteiger partial charge is 0.337 e. The summed E-state index contributed by atoms with van der Waals surface area (Å²) in [5, 5.41) is 0.698. The second-order valence-corrected chi connectivity index (χ2v) is 8.39. The number of aromatic nitrogens is 1. The Morgan fingerprint density at radius 2 is 2.22 bits per heavy atom. The molecule has 0 radical (unpaired) electrons. The van der Waals surface area contributed by atoms with Crippen molar-refractivity contribution in [2.24, 2.45) is 5.92 Å². The third kappa shape index (κ3) is 4.68. The van der Waals surface area contributed by atoms with Gasteiger partial charge < -0.3 is 4.90 Å². The summed E-state index contributed by atoms with van der Waals surface area (Å²) in [6.07, 6.45) is 6.56. The molecule has 1 N–H and O–H groups in total. The van der Waals surface area contributed by atoms with Crippen molar-refractivity contribution in [2.75, 3.05) is 25.6 Å². The minimum Gasteiger partial charge on any atom is -0.337 e. The molecule has 0 spiro atoms. The Labute approximate surface area is 142 Å². The summed E-state index contributed by atoms with van der Waals surface area (Å²) in [6, 6.07) is 3.30. The SMILES string of the molecule is CCCC1CN(C(=O)c2cccnc2SC)CC1NS(C)(=O)=O. The molecule has 1 aromatic rings. The van der Waals surface area contributed by atoms with E-state index in [1.807, 2.05) is 6.26 Å². The summed E-state index contributed by atoms with van der Waals surface area (Å²) < 4.78 is 25.8. The first-order valence-electron chi connectivity index (χ1n) is 7.61. The third-order valence-corrected chi connectivity index (χ3v) is 5.39. The van der Waals surface area contributed by atoms with Gasteiger partial charge in [-0.1, -0.05) is 13.3 Å². The van der Waals surface area contributed by atoms with Gasteiger partial charge in [-0.05, 0) is 30.7 Å². The van der Waals surface area contributed by atoms with E-state index in [0.29, 0.717) is 23.7 Å². The number of rotatable bonds is 6. The maximum Gasteiger partial charge on any atom is 0.256 e. The number of nitrogens with one attached hydrogen (secondary N) is 1. The number of amides is 1. The molecule has 0 aliphatic carbocycles. The number of sulfonamides is 1. The van der Waals surface area contributed by atoms with Crippen molar-refractivity contribution in [1.29, 1.82) is 0 Å². The van der Waals surface area contributed by atoms with Gasteiger partial charge in [-0.3, -0.25) is 4.79 Å². The lowest BCUT2D eigenvalue weighted by Gasteiger charge is -2.17. The third-order valence-electron chi connectivity index (χ3n) is 3.95. The quantitative estimate of drug-likeness (QED) is 0.782. The summed E-state index contributed by atoms with van der Waals surface area (Å²) in [5.41, 5.74) is 0.579. The van der Waals surface area contributed by atoms with E-state index in [0.717, 1.165) is 19.1 Å². The Hall–Kier alpha value is -1.12. The van der Waals surface area contributed by atoms with Crippen LogP contribution in [-0.4, -0.2) is 55.9 Å². The first kappa shape index (κ1) is 18.2. The van der Waals surface area contributed by atoms with E-state index < -0.39 is 10.0 Å². The Balaban J connectivity index is 2.18. The number of hydrogen-bond donors (Lipinski definition) is 1. The van der Waals surface area contributed by atoms with Crippen molar-refractivity contribution in [3.63, 3.8) is 0 Å². The standard InChI is InChI=1S/C15H23N3O3S2/c1-4-6-11-9-18(10-13(11)17-23(3,20)21)15(19)12-7-5-8-16-14(12)22-2/h5,7-8,11,13,17H,4,6,9-10H2,1-3H3. The maximum absolute atomic E-state index is 12.8. The first-order chi connectivity index (χ1) is 10.9. The van der Waals surface area contributed by atoms with Crippen LogP contribution in [0.4, 0.5) is 0 Å². The van der Waals surface area contributed by atoms with Crippen molar-refractivity contribution in [3.8, 4) is 0 Å². The van der Waals surface area contributed by atoms with Gasteiger partial charge in [-0.2, -0.15) is 0 Å². The number of nitrogens with zero attached hydrogens (tertiary/aromatic N) is 2. The van der Waals surface area contributed by atoms with Gasteiger partial charge in [0.25, 0.3) is 5.91 Å². The lowest BCUT2D eigenvalue weighted by Crippen LogP contribution is -2.40. The molecule has 2 atom stereocenters. The highest BCUT2D eigenvalue weighted by atomic mass is 32.2. The first-order valence-corrected chi connectivity index (χ1v) is 10.7. The van der Waals surface area contributed by atoms with Crippen LogP contribution in [0.3, 0.4) is 0 Å². The molecule has 2 rings (SSSR count). The molecule has 128 valence electrons. The van der Waals surface area contributed by atoms with E-state index in [9.17, 15) is 13.2 Å². The fraction of sp³-hybridized carbons (Fsp3) is 0.600. The van der Waals surface area contributed by atoms with Crippen LogP contribution in [-0.2, 0) is 10.0 Å². The lowest BCUT2D eigenvalue weighted by atomic mass is 9.99. The normalized spacial score (nSPS) is 21.6. The number of pyridine rings is 1. The molecule has 1 amide bonds. The number of hydrogen-bond acceptors (Lipinski definition) is 5. The van der Waals surface area contributed by atoms with E-state index in [4.69, 9.17) is 0 Å². The summed E-state index contributed by atoms with van der Waals surface area (Å²) in [7, 11) is -3.29. The van der Waals surface area contributed by atoms with Crippen LogP contribution < -0.4 is 4.72 Å². The predicted molar refractivity (Wildman–Crippen MR) is 92.1 cm³/mol. The molecule has 23 heavy (non-hydrogen) atoms. The van der Waals surface area contributed by atoms with Gasteiger partial charge in [-0.15, -0.1) is 11.8 Å². The van der Waals surface area contributed by atoms with Crippen LogP contribution in [0, 0.1) is 5.92 Å². The fourth-order valence-corrected chi connectivity index (χ4v) is 4.35. The average molecular weight is 358 g/mol. The molecule has 2 heterocycles. The Bertz CT molecular complexity index is 664. The van der Waals surface area contributed by atoms with E-state index in [2.05, 4.69) is 16.6 Å². The topological polar surface area (TPSA) is 79.4 Å². The Kier molecular flexibility index (Phi) is 6.05. The summed E-state index contributed by atoms with van der Waals surface area (Å²) in [5.74, 6) is 0.0643. The molecular weight excluding hydrogens is 334 g/mol. The van der Waals surface area contributed by atoms with Gasteiger partial charge in [0.05, 0.1) is 11.8 Å². The molecular formula is C15H23N3O3S2. The highest BCUT2D eigenvalue weighted by molar-refractivity contribution is 7.98. The highest BCUT2D eigenvalue weighted by Crippen LogP contribution is 2.26. The van der Waals surface area contributed by atoms with Crippen LogP contribution in [0.5, 0.6) is 0 Å². The molecule has 8 heteroatoms. The van der Waals surface area contributed by atoms with Crippen LogP contribution >= 0.6 is 11.8 Å². The van der Waals surface area contributed by atoms with Gasteiger partial charge in [0.1, 0.15) is 5.03 Å². The van der Waals surface area contributed by atoms with E-state index in [1.165, 1.54) is 11.8 Å². The smallest absolute Gasteiger partial charge is 0.256 e. The zero-order chi connectivity index (χ0) is 17.0. The fourth-order valence-electron chi connectivity index (χ4n) is 3.00. The second kappa shape index (κ2) is 7.63. The van der Waals surface area contributed by atoms with E-state index in [-0.39, 0.29) is 17.9 Å². The number of likely N-dealkylation sites (tertiary alicyclic amines) is 1. The zero-order valence-corrected chi connectivity index (χ0v) is 15.3. The molecule has 1 aliphatic rings. The molecule has 2 unspecified atom stereocenters. The molecule has 1 fully saturated rings. The van der Waals surface area contributed by atoms with Gasteiger partial charge in [-0.25, -0.2) is 18.1 Å². The highest BCUT2D eigenvalue weighted by Gasteiger charge is 2.36. The minimum atomic E-state index is -3.29. The maximum atomic E-state index is 12.8. The van der Waals surface area contributed by atoms with Gasteiger partial charge in [0, 0.05) is 25.3 Å². The molecule has 0 aromatic carbocycles. The number of carbonyl (C=O) groups excluding carboxylic acids is 1. The summed E-state index contributed by atoms with van der Waals surface area (Å²) >= 11 is 1.43. The number of carbonyl (C=O) groups is 1. The molecule has 0 bridgehead atoms. The van der Waals surface area contributed by atoms with Crippen LogP contribution in [0.1, 0.15) is 30.1 Å². The summed E-state index contributed by atoms with van der Waals surface area (Å²) in [4.78, 5) is 18.7. The van der Waals surface area contributed by atoms with Gasteiger partial charge in [0.15, 0.2) is 0 Å². The average Bonchev–Trinajstić information content (AvgIpc) is 2.87. The van der Waals surface area contributed by atoms with Crippen molar-refractivity contribution in [2.45, 2.75) is 30.8 Å². The molecule has 6 nitrogen and oxygen atoms in total. The Morgan fingerprint density at radius 3 is 2.83 bits per heavy atom. The lowest BCUT2D eigenvalue weighted by molar-refractivity contribution is 0.0780. The molecule has 1 saturated heterocycles. The predicted octanol–water partition coefficient (Wildman–Crippen LogP) is 1.59. The van der Waals surface area contributed by atoms with Crippen LogP contribution in [0.2, 0.25) is 0 Å². The molecule has 1 aromatic heterocycles. The minimum absolute atomic E-state index is 0.0821. The molecule has 0 saturated carbocycles. The Morgan fingerprint density at radius 1 is 1.48 bits per heavy atom. The monoisotopic (exact) mass is 357 g/mol. The van der Waals surface area contributed by atoms with E-state index >= 15 is 0 Å². The van der Waals surface area contributed by atoms with Crippen LogP contribution in [0.15, 0.2) is 23.4 Å². The number of thioether (sulfide) groups is 1. The zero-order valence-electron chi connectivity index (χ0n) is 13.7. The van der Waals surface area contributed by atoms with Crippen molar-refractivity contribution < 1.29 is 13.2 Å². The van der Waals surface area contributed by atoms with E-state index in [1.54, 1.807) is 23.2 Å². The molecule has 1 aliphatic heterocycles. The van der Waals surface area contributed by atoms with Gasteiger partial charge >= 0.3 is 0 Å².